The van der Waals surface area contributed by atoms with Crippen LogP contribution in [0.4, 0.5) is 0 Å². The van der Waals surface area contributed by atoms with Gasteiger partial charge in [-0.25, -0.2) is 4.98 Å². The van der Waals surface area contributed by atoms with E-state index in [-0.39, 0.29) is 0 Å². The first-order chi connectivity index (χ1) is 8.95. The van der Waals surface area contributed by atoms with Gasteiger partial charge in [0.2, 0.25) is 5.88 Å². The maximum absolute atomic E-state index is 5.59. The minimum atomic E-state index is 0.676. The monoisotopic (exact) mass is 243 g/mol. The number of hydrogen-bond acceptors (Lipinski definition) is 3. The van der Waals surface area contributed by atoms with E-state index in [4.69, 9.17) is 9.47 Å². The smallest absolute Gasteiger partial charge is 0.213 e. The molecule has 2 rings (SSSR count). The Hall–Kier alpha value is -2.03. The predicted octanol–water partition coefficient (Wildman–Crippen LogP) is 3.32. The lowest BCUT2D eigenvalue weighted by Gasteiger charge is -2.06. The Morgan fingerprint density at radius 2 is 1.50 bits per heavy atom. The molecule has 0 radical (unpaired) electrons. The molecule has 1 heterocycles. The summed E-state index contributed by atoms with van der Waals surface area (Å²) in [5, 5.41) is 0. The van der Waals surface area contributed by atoms with E-state index >= 15 is 0 Å². The largest absolute Gasteiger partial charge is 0.494 e. The van der Waals surface area contributed by atoms with Gasteiger partial charge in [-0.1, -0.05) is 24.3 Å². The standard InChI is InChI=1S/C15H17NO2/c1-2-8-14(9-3-1)17-12-6-7-13-18-15-10-4-5-11-16-15/h1-5,8-11H,6-7,12-13H2. The fraction of sp³-hybridized carbons (Fsp3) is 0.267. The maximum atomic E-state index is 5.59. The summed E-state index contributed by atoms with van der Waals surface area (Å²) < 4.78 is 11.1. The molecule has 1 aromatic carbocycles. The molecule has 3 heteroatoms. The molecule has 0 fully saturated rings. The van der Waals surface area contributed by atoms with Gasteiger partial charge in [0.05, 0.1) is 13.2 Å². The lowest BCUT2D eigenvalue weighted by atomic mass is 10.3. The van der Waals surface area contributed by atoms with Crippen LogP contribution < -0.4 is 9.47 Å². The number of hydrogen-bond donors (Lipinski definition) is 0. The van der Waals surface area contributed by atoms with Crippen molar-refractivity contribution in [2.45, 2.75) is 12.8 Å². The van der Waals surface area contributed by atoms with Crippen LogP contribution in [0.5, 0.6) is 11.6 Å². The zero-order valence-electron chi connectivity index (χ0n) is 10.3. The summed E-state index contributed by atoms with van der Waals surface area (Å²) in [7, 11) is 0. The van der Waals surface area contributed by atoms with Gasteiger partial charge in [0, 0.05) is 12.3 Å². The van der Waals surface area contributed by atoms with Crippen molar-refractivity contribution in [2.75, 3.05) is 13.2 Å². The van der Waals surface area contributed by atoms with Gasteiger partial charge in [-0.3, -0.25) is 0 Å². The highest BCUT2D eigenvalue weighted by Crippen LogP contribution is 2.09. The molecule has 0 N–H and O–H groups in total. The second kappa shape index (κ2) is 7.33. The number of benzene rings is 1. The molecule has 0 aliphatic heterocycles. The van der Waals surface area contributed by atoms with Crippen molar-refractivity contribution in [3.63, 3.8) is 0 Å². The number of aromatic nitrogens is 1. The van der Waals surface area contributed by atoms with Crippen molar-refractivity contribution >= 4 is 0 Å². The van der Waals surface area contributed by atoms with Gasteiger partial charge in [0.15, 0.2) is 0 Å². The van der Waals surface area contributed by atoms with Crippen molar-refractivity contribution in [3.05, 3.63) is 54.7 Å². The third kappa shape index (κ3) is 4.45. The van der Waals surface area contributed by atoms with E-state index < -0.39 is 0 Å². The summed E-state index contributed by atoms with van der Waals surface area (Å²) >= 11 is 0. The molecule has 0 atom stereocenters. The molecule has 0 unspecified atom stereocenters. The van der Waals surface area contributed by atoms with E-state index in [1.807, 2.05) is 48.5 Å². The van der Waals surface area contributed by atoms with E-state index in [1.165, 1.54) is 0 Å². The third-order valence-electron chi connectivity index (χ3n) is 2.44. The van der Waals surface area contributed by atoms with E-state index in [9.17, 15) is 0 Å². The molecule has 0 spiro atoms. The van der Waals surface area contributed by atoms with Gasteiger partial charge >= 0.3 is 0 Å². The van der Waals surface area contributed by atoms with E-state index in [1.54, 1.807) is 6.20 Å². The van der Waals surface area contributed by atoms with Crippen LogP contribution in [0.25, 0.3) is 0 Å². The molecule has 0 aliphatic rings. The lowest BCUT2D eigenvalue weighted by Crippen LogP contribution is -2.03. The Balaban J connectivity index is 1.54. The quantitative estimate of drug-likeness (QED) is 0.699. The minimum absolute atomic E-state index is 0.676. The summed E-state index contributed by atoms with van der Waals surface area (Å²) in [6.45, 7) is 1.39. The molecule has 0 aliphatic carbocycles. The normalized spacial score (nSPS) is 10.0. The average Bonchev–Trinajstić information content (AvgIpc) is 2.45. The molecular formula is C15H17NO2. The number of pyridine rings is 1. The maximum Gasteiger partial charge on any atom is 0.213 e. The van der Waals surface area contributed by atoms with E-state index in [0.29, 0.717) is 12.5 Å². The molecule has 94 valence electrons. The Morgan fingerprint density at radius 1 is 0.778 bits per heavy atom. The van der Waals surface area contributed by atoms with Crippen LogP contribution in [0, 0.1) is 0 Å². The number of nitrogens with zero attached hydrogens (tertiary/aromatic N) is 1. The van der Waals surface area contributed by atoms with E-state index in [0.717, 1.165) is 25.2 Å². The highest BCUT2D eigenvalue weighted by Gasteiger charge is 1.95. The molecule has 0 bridgehead atoms. The van der Waals surface area contributed by atoms with Crippen LogP contribution in [-0.4, -0.2) is 18.2 Å². The van der Waals surface area contributed by atoms with Crippen molar-refractivity contribution < 1.29 is 9.47 Å². The molecule has 3 nitrogen and oxygen atoms in total. The first-order valence-electron chi connectivity index (χ1n) is 6.17. The second-order valence-electron chi connectivity index (χ2n) is 3.89. The van der Waals surface area contributed by atoms with Crippen molar-refractivity contribution in [1.82, 2.24) is 4.98 Å². The number of para-hydroxylation sites is 1. The van der Waals surface area contributed by atoms with Crippen molar-refractivity contribution in [3.8, 4) is 11.6 Å². The van der Waals surface area contributed by atoms with Crippen LogP contribution in [0.2, 0.25) is 0 Å². The molecule has 1 aromatic heterocycles. The Morgan fingerprint density at radius 3 is 2.22 bits per heavy atom. The zero-order valence-corrected chi connectivity index (χ0v) is 10.3. The third-order valence-corrected chi connectivity index (χ3v) is 2.44. The molecule has 0 amide bonds. The number of unbranched alkanes of at least 4 members (excludes halogenated alkanes) is 1. The highest BCUT2D eigenvalue weighted by atomic mass is 16.5. The zero-order chi connectivity index (χ0) is 12.5. The van der Waals surface area contributed by atoms with Crippen LogP contribution >= 0.6 is 0 Å². The predicted molar refractivity (Wildman–Crippen MR) is 70.9 cm³/mol. The average molecular weight is 243 g/mol. The molecule has 0 saturated carbocycles. The fourth-order valence-electron chi connectivity index (χ4n) is 1.52. The lowest BCUT2D eigenvalue weighted by molar-refractivity contribution is 0.261. The summed E-state index contributed by atoms with van der Waals surface area (Å²) in [6.07, 6.45) is 3.67. The van der Waals surface area contributed by atoms with Crippen LogP contribution in [0.15, 0.2) is 54.7 Å². The number of ether oxygens (including phenoxy) is 2. The second-order valence-corrected chi connectivity index (χ2v) is 3.89. The molecular weight excluding hydrogens is 226 g/mol. The Bertz CT molecular complexity index is 387. The van der Waals surface area contributed by atoms with Crippen molar-refractivity contribution in [2.24, 2.45) is 0 Å². The van der Waals surface area contributed by atoms with Crippen LogP contribution in [0.3, 0.4) is 0 Å². The van der Waals surface area contributed by atoms with Gasteiger partial charge in [-0.15, -0.1) is 0 Å². The molecule has 2 aromatic rings. The highest BCUT2D eigenvalue weighted by molar-refractivity contribution is 5.20. The molecule has 18 heavy (non-hydrogen) atoms. The van der Waals surface area contributed by atoms with Gasteiger partial charge in [-0.2, -0.15) is 0 Å². The summed E-state index contributed by atoms with van der Waals surface area (Å²) in [5.41, 5.74) is 0. The molecule has 0 saturated heterocycles. The summed E-state index contributed by atoms with van der Waals surface area (Å²) in [5.74, 6) is 1.60. The Kier molecular flexibility index (Phi) is 5.06. The summed E-state index contributed by atoms with van der Waals surface area (Å²) in [6, 6.07) is 15.5. The topological polar surface area (TPSA) is 31.4 Å². The fourth-order valence-corrected chi connectivity index (χ4v) is 1.52. The minimum Gasteiger partial charge on any atom is -0.494 e. The Labute approximate surface area is 107 Å². The number of rotatable bonds is 7. The van der Waals surface area contributed by atoms with Gasteiger partial charge in [-0.05, 0) is 31.0 Å². The first-order valence-corrected chi connectivity index (χ1v) is 6.17. The summed E-state index contributed by atoms with van der Waals surface area (Å²) in [4.78, 5) is 4.09. The van der Waals surface area contributed by atoms with Gasteiger partial charge < -0.3 is 9.47 Å². The van der Waals surface area contributed by atoms with Crippen LogP contribution in [0.1, 0.15) is 12.8 Å². The SMILES string of the molecule is c1ccc(OCCCCOc2ccccn2)cc1. The van der Waals surface area contributed by atoms with E-state index in [2.05, 4.69) is 4.98 Å². The van der Waals surface area contributed by atoms with Gasteiger partial charge in [0.25, 0.3) is 0 Å². The van der Waals surface area contributed by atoms with Gasteiger partial charge in [0.1, 0.15) is 5.75 Å². The first kappa shape index (κ1) is 12.4. The van der Waals surface area contributed by atoms with Crippen LogP contribution in [-0.2, 0) is 0 Å². The van der Waals surface area contributed by atoms with Crippen molar-refractivity contribution in [1.29, 1.82) is 0 Å².